The van der Waals surface area contributed by atoms with Crippen molar-refractivity contribution in [2.75, 3.05) is 5.32 Å². The highest BCUT2D eigenvalue weighted by molar-refractivity contribution is 5.90. The first-order valence-corrected chi connectivity index (χ1v) is 6.54. The topological polar surface area (TPSA) is 76.1 Å². The minimum absolute atomic E-state index is 0. The van der Waals surface area contributed by atoms with Crippen molar-refractivity contribution in [2.24, 2.45) is 0 Å². The molecule has 1 N–H and O–H groups in total. The van der Waals surface area contributed by atoms with Crippen LogP contribution in [0.3, 0.4) is 0 Å². The van der Waals surface area contributed by atoms with Gasteiger partial charge in [0, 0.05) is 30.0 Å². The number of nitro benzene ring substituents is 1. The summed E-state index contributed by atoms with van der Waals surface area (Å²) in [6.07, 6.45) is 4.13. The van der Waals surface area contributed by atoms with Crippen molar-refractivity contribution in [3.63, 3.8) is 0 Å². The summed E-state index contributed by atoms with van der Waals surface area (Å²) < 4.78 is 1.92. The summed E-state index contributed by atoms with van der Waals surface area (Å²) >= 11 is 0. The quantitative estimate of drug-likeness (QED) is 0.429. The predicted molar refractivity (Wildman–Crippen MR) is 77.7 cm³/mol. The van der Waals surface area contributed by atoms with E-state index in [2.05, 4.69) is 5.32 Å². The third-order valence-electron chi connectivity index (χ3n) is 3.00. The Kier molecular flexibility index (Phi) is 6.65. The van der Waals surface area contributed by atoms with Crippen molar-refractivity contribution in [3.8, 4) is 0 Å². The number of benzene rings is 1. The fourth-order valence-electron chi connectivity index (χ4n) is 1.83. The fraction of sp³-hybridized carbons (Fsp3) is 0.200. The molecular weight excluding hydrogens is 350 g/mol. The maximum Gasteiger partial charge on any atom is 0.271 e. The number of anilines is 1. The van der Waals surface area contributed by atoms with E-state index in [4.69, 9.17) is 0 Å². The Morgan fingerprint density at radius 1 is 1.27 bits per heavy atom. The van der Waals surface area contributed by atoms with Crippen LogP contribution in [-0.2, 0) is 11.3 Å². The van der Waals surface area contributed by atoms with Gasteiger partial charge in [-0.25, -0.2) is 4.57 Å². The maximum atomic E-state index is 11.8. The molecule has 0 saturated heterocycles. The van der Waals surface area contributed by atoms with Crippen LogP contribution in [0.15, 0.2) is 48.8 Å². The second-order valence-corrected chi connectivity index (χ2v) is 4.72. The second kappa shape index (κ2) is 8.23. The zero-order valence-electron chi connectivity index (χ0n) is 12.0. The van der Waals surface area contributed by atoms with Crippen LogP contribution in [0.5, 0.6) is 0 Å². The van der Waals surface area contributed by atoms with Crippen molar-refractivity contribution in [2.45, 2.75) is 19.9 Å². The number of aryl methyl sites for hydroxylation is 2. The van der Waals surface area contributed by atoms with Crippen molar-refractivity contribution >= 4 is 17.3 Å². The second-order valence-electron chi connectivity index (χ2n) is 4.72. The molecule has 0 radical (unpaired) electrons. The number of hydrogen-bond donors (Lipinski definition) is 1. The summed E-state index contributed by atoms with van der Waals surface area (Å²) in [6.45, 7) is 2.56. The van der Waals surface area contributed by atoms with Gasteiger partial charge in [-0.2, -0.15) is 0 Å². The average molecular weight is 366 g/mol. The SMILES string of the molecule is Cc1cc[n+](CCC(=O)Nc2cccc([N+](=O)[O-])c2)cc1.[Br-]. The number of rotatable bonds is 5. The highest BCUT2D eigenvalue weighted by Gasteiger charge is 2.10. The summed E-state index contributed by atoms with van der Waals surface area (Å²) in [5.41, 5.74) is 1.55. The normalized spacial score (nSPS) is 9.68. The summed E-state index contributed by atoms with van der Waals surface area (Å²) in [4.78, 5) is 22.0. The van der Waals surface area contributed by atoms with E-state index in [9.17, 15) is 14.9 Å². The zero-order chi connectivity index (χ0) is 15.2. The summed E-state index contributed by atoms with van der Waals surface area (Å²) in [6, 6.07) is 9.85. The molecular formula is C15H16BrN3O3. The maximum absolute atomic E-state index is 11.8. The Morgan fingerprint density at radius 2 is 1.95 bits per heavy atom. The molecule has 0 saturated carbocycles. The van der Waals surface area contributed by atoms with Crippen molar-refractivity contribution in [1.82, 2.24) is 0 Å². The number of hydrogen-bond acceptors (Lipinski definition) is 3. The first kappa shape index (κ1) is 17.8. The molecule has 116 valence electrons. The molecule has 0 atom stereocenters. The third-order valence-corrected chi connectivity index (χ3v) is 3.00. The number of amides is 1. The van der Waals surface area contributed by atoms with Crippen molar-refractivity contribution < 1.29 is 31.3 Å². The minimum atomic E-state index is -0.488. The summed E-state index contributed by atoms with van der Waals surface area (Å²) in [7, 11) is 0. The number of halogens is 1. The average Bonchev–Trinajstić information content (AvgIpc) is 2.47. The number of non-ortho nitro benzene ring substituents is 1. The van der Waals surface area contributed by atoms with Gasteiger partial charge in [-0.1, -0.05) is 6.07 Å². The fourth-order valence-corrected chi connectivity index (χ4v) is 1.83. The van der Waals surface area contributed by atoms with E-state index in [0.29, 0.717) is 18.7 Å². The van der Waals surface area contributed by atoms with E-state index in [1.165, 1.54) is 12.1 Å². The molecule has 1 amide bonds. The number of pyridine rings is 1. The van der Waals surface area contributed by atoms with Crippen molar-refractivity contribution in [3.05, 3.63) is 64.5 Å². The first-order valence-electron chi connectivity index (χ1n) is 6.54. The number of nitrogens with one attached hydrogen (secondary N) is 1. The van der Waals surface area contributed by atoms with E-state index >= 15 is 0 Å². The predicted octanol–water partition coefficient (Wildman–Crippen LogP) is -0.776. The number of nitro groups is 1. The Hall–Kier alpha value is -2.28. The van der Waals surface area contributed by atoms with Crippen LogP contribution < -0.4 is 26.9 Å². The first-order chi connectivity index (χ1) is 10.0. The Bertz CT molecular complexity index is 659. The van der Waals surface area contributed by atoms with E-state index < -0.39 is 4.92 Å². The molecule has 0 aliphatic rings. The van der Waals surface area contributed by atoms with Crippen LogP contribution in [0.25, 0.3) is 0 Å². The molecule has 22 heavy (non-hydrogen) atoms. The van der Waals surface area contributed by atoms with Crippen LogP contribution in [0.2, 0.25) is 0 Å². The highest BCUT2D eigenvalue weighted by atomic mass is 79.9. The van der Waals surface area contributed by atoms with Gasteiger partial charge < -0.3 is 22.3 Å². The van der Waals surface area contributed by atoms with Crippen LogP contribution in [-0.4, -0.2) is 10.8 Å². The molecule has 0 spiro atoms. The van der Waals surface area contributed by atoms with Gasteiger partial charge in [-0.15, -0.1) is 0 Å². The minimum Gasteiger partial charge on any atom is -1.00 e. The van der Waals surface area contributed by atoms with Crippen LogP contribution in [0.1, 0.15) is 12.0 Å². The molecule has 2 rings (SSSR count). The molecule has 0 unspecified atom stereocenters. The van der Waals surface area contributed by atoms with Crippen LogP contribution in [0, 0.1) is 17.0 Å². The Morgan fingerprint density at radius 3 is 2.59 bits per heavy atom. The van der Waals surface area contributed by atoms with E-state index in [-0.39, 0.29) is 28.6 Å². The third kappa shape index (κ3) is 5.25. The van der Waals surface area contributed by atoms with Gasteiger partial charge in [0.15, 0.2) is 18.9 Å². The number of carbonyl (C=O) groups excluding carboxylic acids is 1. The van der Waals surface area contributed by atoms with Gasteiger partial charge in [0.2, 0.25) is 5.91 Å². The van der Waals surface area contributed by atoms with Gasteiger partial charge in [-0.3, -0.25) is 14.9 Å². The molecule has 0 aliphatic carbocycles. The monoisotopic (exact) mass is 365 g/mol. The molecule has 0 aliphatic heterocycles. The van der Waals surface area contributed by atoms with E-state index in [0.717, 1.165) is 5.56 Å². The molecule has 1 heterocycles. The van der Waals surface area contributed by atoms with E-state index in [1.54, 1.807) is 12.1 Å². The standard InChI is InChI=1S/C15H15N3O3.BrH/c1-12-5-8-17(9-6-12)10-7-15(19)16-13-3-2-4-14(11-13)18(20)21;/h2-6,8-9,11H,7,10H2,1H3;1H. The molecule has 1 aromatic heterocycles. The smallest absolute Gasteiger partial charge is 0.271 e. The highest BCUT2D eigenvalue weighted by Crippen LogP contribution is 2.17. The number of nitrogens with zero attached hydrogens (tertiary/aromatic N) is 2. The Balaban J connectivity index is 0.00000242. The number of carbonyl (C=O) groups is 1. The molecule has 0 fully saturated rings. The lowest BCUT2D eigenvalue weighted by molar-refractivity contribution is -0.695. The zero-order valence-corrected chi connectivity index (χ0v) is 13.6. The Labute approximate surface area is 138 Å². The van der Waals surface area contributed by atoms with Gasteiger partial charge in [-0.05, 0) is 18.6 Å². The van der Waals surface area contributed by atoms with Gasteiger partial charge in [0.1, 0.15) is 0 Å². The molecule has 7 heteroatoms. The summed E-state index contributed by atoms with van der Waals surface area (Å²) in [5, 5.41) is 13.3. The lowest BCUT2D eigenvalue weighted by atomic mass is 10.2. The van der Waals surface area contributed by atoms with Crippen molar-refractivity contribution in [1.29, 1.82) is 0 Å². The van der Waals surface area contributed by atoms with E-state index in [1.807, 2.05) is 36.0 Å². The van der Waals surface area contributed by atoms with Gasteiger partial charge in [0.05, 0.1) is 11.3 Å². The lowest BCUT2D eigenvalue weighted by Crippen LogP contribution is -3.00. The lowest BCUT2D eigenvalue weighted by Gasteiger charge is -2.03. The molecule has 6 nitrogen and oxygen atoms in total. The van der Waals surface area contributed by atoms with Gasteiger partial charge >= 0.3 is 0 Å². The van der Waals surface area contributed by atoms with Crippen LogP contribution in [0.4, 0.5) is 11.4 Å². The van der Waals surface area contributed by atoms with Crippen LogP contribution >= 0.6 is 0 Å². The molecule has 2 aromatic rings. The number of aromatic nitrogens is 1. The molecule has 1 aromatic carbocycles. The summed E-state index contributed by atoms with van der Waals surface area (Å²) in [5.74, 6) is -0.177. The largest absolute Gasteiger partial charge is 1.00 e. The van der Waals surface area contributed by atoms with Gasteiger partial charge in [0.25, 0.3) is 5.69 Å². The molecule has 0 bridgehead atoms.